The van der Waals surface area contributed by atoms with Gasteiger partial charge in [-0.1, -0.05) is 18.2 Å². The zero-order valence-corrected chi connectivity index (χ0v) is 12.7. The first-order valence-electron chi connectivity index (χ1n) is 7.29. The average molecular weight is 311 g/mol. The minimum Gasteiger partial charge on any atom is -0.496 e. The van der Waals surface area contributed by atoms with Crippen LogP contribution in [-0.2, 0) is 6.42 Å². The van der Waals surface area contributed by atoms with Crippen molar-refractivity contribution in [2.45, 2.75) is 6.42 Å². The summed E-state index contributed by atoms with van der Waals surface area (Å²) in [7, 11) is 1.63. The van der Waals surface area contributed by atoms with E-state index in [2.05, 4.69) is 15.3 Å². The smallest absolute Gasteiger partial charge is 0.323 e. The second-order valence-electron chi connectivity index (χ2n) is 5.16. The van der Waals surface area contributed by atoms with Crippen molar-refractivity contribution in [2.75, 3.05) is 13.7 Å². The van der Waals surface area contributed by atoms with Gasteiger partial charge in [0.15, 0.2) is 0 Å². The molecule has 118 valence electrons. The van der Waals surface area contributed by atoms with Gasteiger partial charge >= 0.3 is 5.69 Å². The summed E-state index contributed by atoms with van der Waals surface area (Å²) in [6, 6.07) is 12.8. The molecule has 23 heavy (non-hydrogen) atoms. The number of benzene rings is 2. The van der Waals surface area contributed by atoms with Gasteiger partial charge in [-0.15, -0.1) is 0 Å². The minimum atomic E-state index is -0.284. The van der Waals surface area contributed by atoms with Gasteiger partial charge in [0.1, 0.15) is 5.75 Å². The SMILES string of the molecule is COc1ccccc1CCNC(=O)c1ccc2[nH]c(=O)[nH]c2c1. The van der Waals surface area contributed by atoms with Crippen LogP contribution in [0, 0.1) is 0 Å². The van der Waals surface area contributed by atoms with Crippen LogP contribution < -0.4 is 15.7 Å². The number of fused-ring (bicyclic) bond motifs is 1. The van der Waals surface area contributed by atoms with E-state index < -0.39 is 0 Å². The quantitative estimate of drug-likeness (QED) is 0.672. The molecule has 0 fully saturated rings. The molecule has 1 aromatic heterocycles. The topological polar surface area (TPSA) is 87.0 Å². The second kappa shape index (κ2) is 6.39. The lowest BCUT2D eigenvalue weighted by Crippen LogP contribution is -2.25. The molecular formula is C17H17N3O3. The van der Waals surface area contributed by atoms with Crippen LogP contribution in [0.25, 0.3) is 11.0 Å². The molecule has 3 aromatic rings. The normalized spacial score (nSPS) is 10.7. The van der Waals surface area contributed by atoms with Crippen LogP contribution in [0.3, 0.4) is 0 Å². The molecule has 0 aliphatic rings. The summed E-state index contributed by atoms with van der Waals surface area (Å²) in [4.78, 5) is 28.7. The van der Waals surface area contributed by atoms with Crippen molar-refractivity contribution >= 4 is 16.9 Å². The van der Waals surface area contributed by atoms with E-state index in [1.165, 1.54) is 0 Å². The molecule has 0 bridgehead atoms. The Bertz CT molecular complexity index is 895. The molecule has 0 atom stereocenters. The summed E-state index contributed by atoms with van der Waals surface area (Å²) in [5.41, 5.74) is 2.56. The Morgan fingerprint density at radius 3 is 2.74 bits per heavy atom. The summed E-state index contributed by atoms with van der Waals surface area (Å²) in [6.45, 7) is 0.501. The lowest BCUT2D eigenvalue weighted by Gasteiger charge is -2.09. The van der Waals surface area contributed by atoms with Crippen molar-refractivity contribution in [1.82, 2.24) is 15.3 Å². The van der Waals surface area contributed by atoms with Crippen LogP contribution in [0.2, 0.25) is 0 Å². The van der Waals surface area contributed by atoms with Crippen molar-refractivity contribution in [1.29, 1.82) is 0 Å². The number of nitrogens with one attached hydrogen (secondary N) is 3. The molecule has 6 nitrogen and oxygen atoms in total. The third kappa shape index (κ3) is 3.26. The molecule has 6 heteroatoms. The Kier molecular flexibility index (Phi) is 4.14. The van der Waals surface area contributed by atoms with Crippen LogP contribution in [-0.4, -0.2) is 29.5 Å². The fraction of sp³-hybridized carbons (Fsp3) is 0.176. The van der Waals surface area contributed by atoms with Crippen LogP contribution in [0.15, 0.2) is 47.3 Å². The molecule has 0 radical (unpaired) electrons. The number of hydrogen-bond donors (Lipinski definition) is 3. The number of ether oxygens (including phenoxy) is 1. The zero-order valence-electron chi connectivity index (χ0n) is 12.7. The van der Waals surface area contributed by atoms with E-state index in [-0.39, 0.29) is 11.6 Å². The number of imidazole rings is 1. The Balaban J connectivity index is 1.65. The predicted molar refractivity (Wildman–Crippen MR) is 88.0 cm³/mol. The highest BCUT2D eigenvalue weighted by molar-refractivity contribution is 5.97. The number of hydrogen-bond acceptors (Lipinski definition) is 3. The Morgan fingerprint density at radius 1 is 1.13 bits per heavy atom. The molecule has 3 rings (SSSR count). The third-order valence-electron chi connectivity index (χ3n) is 3.65. The highest BCUT2D eigenvalue weighted by Crippen LogP contribution is 2.17. The number of aromatic nitrogens is 2. The first kappa shape index (κ1) is 14.9. The molecular weight excluding hydrogens is 294 g/mol. The molecule has 0 unspecified atom stereocenters. The maximum absolute atomic E-state index is 12.2. The van der Waals surface area contributed by atoms with Gasteiger partial charge in [0.25, 0.3) is 5.91 Å². The molecule has 0 aliphatic carbocycles. The molecule has 0 saturated heterocycles. The van der Waals surface area contributed by atoms with Gasteiger partial charge in [-0.2, -0.15) is 0 Å². The monoisotopic (exact) mass is 311 g/mol. The van der Waals surface area contributed by atoms with Crippen LogP contribution in [0.4, 0.5) is 0 Å². The highest BCUT2D eigenvalue weighted by Gasteiger charge is 2.08. The van der Waals surface area contributed by atoms with E-state index in [0.29, 0.717) is 29.6 Å². The minimum absolute atomic E-state index is 0.177. The van der Waals surface area contributed by atoms with Crippen LogP contribution >= 0.6 is 0 Å². The fourth-order valence-corrected chi connectivity index (χ4v) is 2.50. The maximum atomic E-state index is 12.2. The number of aromatic amines is 2. The standard InChI is InChI=1S/C17H17N3O3/c1-23-15-5-3-2-4-11(15)8-9-18-16(21)12-6-7-13-14(10-12)20-17(22)19-13/h2-7,10H,8-9H2,1H3,(H,18,21)(H2,19,20,22). The van der Waals surface area contributed by atoms with E-state index in [1.807, 2.05) is 24.3 Å². The molecule has 0 saturated carbocycles. The van der Waals surface area contributed by atoms with Crippen molar-refractivity contribution in [3.8, 4) is 5.75 Å². The van der Waals surface area contributed by atoms with Gasteiger partial charge in [0, 0.05) is 12.1 Å². The molecule has 1 amide bonds. The first-order chi connectivity index (χ1) is 11.2. The summed E-state index contributed by atoms with van der Waals surface area (Å²) in [5, 5.41) is 2.87. The summed E-state index contributed by atoms with van der Waals surface area (Å²) >= 11 is 0. The Hall–Kier alpha value is -3.02. The first-order valence-corrected chi connectivity index (χ1v) is 7.29. The van der Waals surface area contributed by atoms with Crippen molar-refractivity contribution < 1.29 is 9.53 Å². The Morgan fingerprint density at radius 2 is 1.91 bits per heavy atom. The molecule has 3 N–H and O–H groups in total. The lowest BCUT2D eigenvalue weighted by molar-refractivity contribution is 0.0954. The van der Waals surface area contributed by atoms with Crippen LogP contribution in [0.5, 0.6) is 5.75 Å². The van der Waals surface area contributed by atoms with E-state index in [9.17, 15) is 9.59 Å². The second-order valence-corrected chi connectivity index (χ2v) is 5.16. The molecule has 2 aromatic carbocycles. The summed E-state index contributed by atoms with van der Waals surface area (Å²) in [5.74, 6) is 0.636. The van der Waals surface area contributed by atoms with Gasteiger partial charge in [0.2, 0.25) is 0 Å². The van der Waals surface area contributed by atoms with Gasteiger partial charge in [0.05, 0.1) is 18.1 Å². The van der Waals surface area contributed by atoms with Crippen molar-refractivity contribution in [2.24, 2.45) is 0 Å². The summed E-state index contributed by atoms with van der Waals surface area (Å²) in [6.07, 6.45) is 0.680. The van der Waals surface area contributed by atoms with E-state index in [4.69, 9.17) is 4.74 Å². The third-order valence-corrected chi connectivity index (χ3v) is 3.65. The number of para-hydroxylation sites is 1. The fourth-order valence-electron chi connectivity index (χ4n) is 2.50. The molecule has 0 spiro atoms. The maximum Gasteiger partial charge on any atom is 0.323 e. The molecule has 1 heterocycles. The predicted octanol–water partition coefficient (Wildman–Crippen LogP) is 1.84. The van der Waals surface area contributed by atoms with Crippen LogP contribution in [0.1, 0.15) is 15.9 Å². The summed E-state index contributed by atoms with van der Waals surface area (Å²) < 4.78 is 5.29. The highest BCUT2D eigenvalue weighted by atomic mass is 16.5. The van der Waals surface area contributed by atoms with Gasteiger partial charge in [-0.25, -0.2) is 4.79 Å². The van der Waals surface area contributed by atoms with Gasteiger partial charge in [-0.05, 0) is 36.2 Å². The van der Waals surface area contributed by atoms with E-state index in [1.54, 1.807) is 25.3 Å². The largest absolute Gasteiger partial charge is 0.496 e. The number of carbonyl (C=O) groups excluding carboxylic acids is 1. The number of amides is 1. The zero-order chi connectivity index (χ0) is 16.2. The number of methoxy groups -OCH3 is 1. The number of rotatable bonds is 5. The number of carbonyl (C=O) groups is 1. The Labute approximate surface area is 132 Å². The van der Waals surface area contributed by atoms with E-state index in [0.717, 1.165) is 11.3 Å². The van der Waals surface area contributed by atoms with Crippen molar-refractivity contribution in [3.63, 3.8) is 0 Å². The average Bonchev–Trinajstić information content (AvgIpc) is 2.94. The number of H-pyrrole nitrogens is 2. The van der Waals surface area contributed by atoms with Gasteiger partial charge < -0.3 is 20.0 Å². The van der Waals surface area contributed by atoms with E-state index >= 15 is 0 Å². The van der Waals surface area contributed by atoms with Gasteiger partial charge in [-0.3, -0.25) is 4.79 Å². The lowest BCUT2D eigenvalue weighted by atomic mass is 10.1. The van der Waals surface area contributed by atoms with Crippen molar-refractivity contribution in [3.05, 3.63) is 64.1 Å². The molecule has 0 aliphatic heterocycles.